The van der Waals surface area contributed by atoms with Gasteiger partial charge in [-0.3, -0.25) is 9.59 Å². The number of carbonyl (C=O) groups excluding carboxylic acids is 2. The maximum Gasteiger partial charge on any atom is 0.293 e. The van der Waals surface area contributed by atoms with Gasteiger partial charge < -0.3 is 15.1 Å². The normalized spacial score (nSPS) is 10.8. The van der Waals surface area contributed by atoms with E-state index >= 15 is 0 Å². The van der Waals surface area contributed by atoms with Crippen molar-refractivity contribution < 1.29 is 14.0 Å². The van der Waals surface area contributed by atoms with Gasteiger partial charge in [0.05, 0.1) is 6.42 Å². The summed E-state index contributed by atoms with van der Waals surface area (Å²) in [5, 5.41) is 8.76. The Kier molecular flexibility index (Phi) is 5.14. The van der Waals surface area contributed by atoms with E-state index in [-0.39, 0.29) is 18.1 Å². The van der Waals surface area contributed by atoms with Gasteiger partial charge in [-0.25, -0.2) is 0 Å². The lowest BCUT2D eigenvalue weighted by atomic mass is 10.2. The summed E-state index contributed by atoms with van der Waals surface area (Å²) in [7, 11) is 0. The van der Waals surface area contributed by atoms with E-state index < -0.39 is 5.91 Å². The molecule has 140 valence electrons. The zero-order valence-corrected chi connectivity index (χ0v) is 16.1. The first-order valence-corrected chi connectivity index (χ1v) is 9.76. The molecule has 5 nitrogen and oxygen atoms in total. The maximum atomic E-state index is 12.8. The second kappa shape index (κ2) is 7.88. The molecule has 0 spiro atoms. The molecule has 0 fully saturated rings. The highest BCUT2D eigenvalue weighted by molar-refractivity contribution is 7.10. The molecule has 0 radical (unpaired) electrons. The SMILES string of the molecule is O=C(Cc1cccs1)Nc1c(C(=O)Nc2ccc(Cl)cc2)oc2ccccc12. The van der Waals surface area contributed by atoms with E-state index in [1.165, 1.54) is 11.3 Å². The predicted octanol–water partition coefficient (Wildman–Crippen LogP) is 5.58. The monoisotopic (exact) mass is 410 g/mol. The van der Waals surface area contributed by atoms with Crippen molar-refractivity contribution in [3.05, 3.63) is 81.7 Å². The topological polar surface area (TPSA) is 71.3 Å². The Hall–Kier alpha value is -3.09. The maximum absolute atomic E-state index is 12.8. The zero-order valence-electron chi connectivity index (χ0n) is 14.6. The molecular weight excluding hydrogens is 396 g/mol. The Morgan fingerprint density at radius 2 is 1.75 bits per heavy atom. The van der Waals surface area contributed by atoms with Gasteiger partial charge in [0.1, 0.15) is 11.3 Å². The summed E-state index contributed by atoms with van der Waals surface area (Å²) in [5.41, 5.74) is 1.46. The van der Waals surface area contributed by atoms with Gasteiger partial charge in [0, 0.05) is 21.0 Å². The first-order chi connectivity index (χ1) is 13.6. The molecule has 0 aliphatic carbocycles. The van der Waals surface area contributed by atoms with Crippen LogP contribution in [0.5, 0.6) is 0 Å². The number of fused-ring (bicyclic) bond motifs is 1. The fraction of sp³-hybridized carbons (Fsp3) is 0.0476. The van der Waals surface area contributed by atoms with E-state index in [1.54, 1.807) is 36.4 Å². The van der Waals surface area contributed by atoms with Gasteiger partial charge in [-0.05, 0) is 47.8 Å². The summed E-state index contributed by atoms with van der Waals surface area (Å²) in [6, 6.07) is 17.7. The van der Waals surface area contributed by atoms with Crippen LogP contribution in [-0.4, -0.2) is 11.8 Å². The molecule has 0 unspecified atom stereocenters. The van der Waals surface area contributed by atoms with Gasteiger partial charge in [0.25, 0.3) is 5.91 Å². The molecule has 0 atom stereocenters. The van der Waals surface area contributed by atoms with Crippen LogP contribution in [0.2, 0.25) is 5.02 Å². The van der Waals surface area contributed by atoms with Crippen LogP contribution < -0.4 is 10.6 Å². The summed E-state index contributed by atoms with van der Waals surface area (Å²) in [6.07, 6.45) is 0.232. The number of amides is 2. The molecule has 0 aliphatic rings. The largest absolute Gasteiger partial charge is 0.449 e. The number of benzene rings is 2. The predicted molar refractivity (Wildman–Crippen MR) is 112 cm³/mol. The molecule has 0 saturated carbocycles. The van der Waals surface area contributed by atoms with E-state index in [1.807, 2.05) is 29.6 Å². The number of thiophene rings is 1. The third-order valence-corrected chi connectivity index (χ3v) is 5.21. The highest BCUT2D eigenvalue weighted by Gasteiger charge is 2.22. The molecule has 28 heavy (non-hydrogen) atoms. The van der Waals surface area contributed by atoms with Crippen molar-refractivity contribution in [3.63, 3.8) is 0 Å². The number of hydrogen-bond donors (Lipinski definition) is 2. The van der Waals surface area contributed by atoms with Crippen LogP contribution in [0.25, 0.3) is 11.0 Å². The molecule has 2 aromatic heterocycles. The first kappa shape index (κ1) is 18.3. The molecule has 0 saturated heterocycles. The lowest BCUT2D eigenvalue weighted by molar-refractivity contribution is -0.115. The van der Waals surface area contributed by atoms with Crippen molar-refractivity contribution in [1.82, 2.24) is 0 Å². The number of rotatable bonds is 5. The van der Waals surface area contributed by atoms with Gasteiger partial charge in [0.2, 0.25) is 11.7 Å². The van der Waals surface area contributed by atoms with Crippen LogP contribution in [0.15, 0.2) is 70.5 Å². The summed E-state index contributed by atoms with van der Waals surface area (Å²) in [5.74, 6) is -0.616. The Labute approximate surface area is 169 Å². The molecule has 2 amide bonds. The van der Waals surface area contributed by atoms with Gasteiger partial charge in [-0.1, -0.05) is 29.8 Å². The number of furan rings is 1. The summed E-state index contributed by atoms with van der Waals surface area (Å²) in [4.78, 5) is 26.2. The molecule has 0 aliphatic heterocycles. The van der Waals surface area contributed by atoms with Crippen molar-refractivity contribution in [2.75, 3.05) is 10.6 Å². The molecule has 4 aromatic rings. The van der Waals surface area contributed by atoms with Crippen molar-refractivity contribution in [1.29, 1.82) is 0 Å². The minimum Gasteiger partial charge on any atom is -0.449 e. The fourth-order valence-corrected chi connectivity index (χ4v) is 3.64. The van der Waals surface area contributed by atoms with Crippen molar-refractivity contribution in [2.45, 2.75) is 6.42 Å². The van der Waals surface area contributed by atoms with Gasteiger partial charge in [-0.2, -0.15) is 0 Å². The lowest BCUT2D eigenvalue weighted by Gasteiger charge is -2.07. The van der Waals surface area contributed by atoms with E-state index in [0.717, 1.165) is 4.88 Å². The number of carbonyl (C=O) groups is 2. The second-order valence-corrected chi connectivity index (χ2v) is 7.54. The number of nitrogens with one attached hydrogen (secondary N) is 2. The molecule has 4 rings (SSSR count). The molecule has 2 heterocycles. The van der Waals surface area contributed by atoms with Crippen LogP contribution in [0.3, 0.4) is 0 Å². The smallest absolute Gasteiger partial charge is 0.293 e. The quantitative estimate of drug-likeness (QED) is 0.451. The zero-order chi connectivity index (χ0) is 19.5. The second-order valence-electron chi connectivity index (χ2n) is 6.07. The lowest BCUT2D eigenvalue weighted by Crippen LogP contribution is -2.18. The molecule has 2 N–H and O–H groups in total. The molecular formula is C21H15ClN2O3S. The van der Waals surface area contributed by atoms with Crippen LogP contribution >= 0.6 is 22.9 Å². The summed E-state index contributed by atoms with van der Waals surface area (Å²) >= 11 is 7.39. The third-order valence-electron chi connectivity index (χ3n) is 4.08. The number of hydrogen-bond acceptors (Lipinski definition) is 4. The minimum absolute atomic E-state index is 0.0516. The highest BCUT2D eigenvalue weighted by atomic mass is 35.5. The fourth-order valence-electron chi connectivity index (χ4n) is 2.81. The van der Waals surface area contributed by atoms with E-state index in [4.69, 9.17) is 16.0 Å². The van der Waals surface area contributed by atoms with Crippen molar-refractivity contribution in [3.8, 4) is 0 Å². The molecule has 7 heteroatoms. The first-order valence-electron chi connectivity index (χ1n) is 8.51. The van der Waals surface area contributed by atoms with Crippen molar-refractivity contribution in [2.24, 2.45) is 0 Å². The number of para-hydroxylation sites is 1. The molecule has 0 bridgehead atoms. The van der Waals surface area contributed by atoms with Crippen LogP contribution in [0.1, 0.15) is 15.4 Å². The number of anilines is 2. The van der Waals surface area contributed by atoms with Gasteiger partial charge >= 0.3 is 0 Å². The van der Waals surface area contributed by atoms with Crippen LogP contribution in [0.4, 0.5) is 11.4 Å². The Morgan fingerprint density at radius 3 is 2.50 bits per heavy atom. The van der Waals surface area contributed by atoms with E-state index in [2.05, 4.69) is 10.6 Å². The Balaban J connectivity index is 1.63. The summed E-state index contributed by atoms with van der Waals surface area (Å²) in [6.45, 7) is 0. The van der Waals surface area contributed by atoms with Crippen LogP contribution in [0, 0.1) is 0 Å². The van der Waals surface area contributed by atoms with E-state index in [0.29, 0.717) is 27.4 Å². The van der Waals surface area contributed by atoms with Crippen molar-refractivity contribution >= 4 is 57.1 Å². The average Bonchev–Trinajstić information content (AvgIpc) is 3.32. The average molecular weight is 411 g/mol. The Morgan fingerprint density at radius 1 is 0.964 bits per heavy atom. The van der Waals surface area contributed by atoms with Gasteiger partial charge in [-0.15, -0.1) is 11.3 Å². The minimum atomic E-state index is -0.454. The highest BCUT2D eigenvalue weighted by Crippen LogP contribution is 2.32. The Bertz CT molecular complexity index is 1130. The van der Waals surface area contributed by atoms with Gasteiger partial charge in [0.15, 0.2) is 0 Å². The summed E-state index contributed by atoms with van der Waals surface area (Å²) < 4.78 is 5.74. The third kappa shape index (κ3) is 3.93. The standard InChI is InChI=1S/C21H15ClN2O3S/c22-13-7-9-14(10-8-13)23-21(26)20-19(16-5-1-2-6-17(16)27-20)24-18(25)12-15-4-3-11-28-15/h1-11H,12H2,(H,23,26)(H,24,25). The number of halogens is 1. The van der Waals surface area contributed by atoms with E-state index in [9.17, 15) is 9.59 Å². The van der Waals surface area contributed by atoms with Crippen LogP contribution in [-0.2, 0) is 11.2 Å². The molecule has 2 aromatic carbocycles.